The second kappa shape index (κ2) is 5.86. The summed E-state index contributed by atoms with van der Waals surface area (Å²) in [4.78, 5) is 2.62. The summed E-state index contributed by atoms with van der Waals surface area (Å²) in [6, 6.07) is 2.03. The van der Waals surface area contributed by atoms with Crippen molar-refractivity contribution in [2.45, 2.75) is 65.6 Å². The van der Waals surface area contributed by atoms with Crippen LogP contribution in [0, 0.1) is 5.92 Å². The van der Waals surface area contributed by atoms with Crippen LogP contribution >= 0.6 is 0 Å². The molecule has 90 valence electrons. The van der Waals surface area contributed by atoms with Crippen LogP contribution in [0.3, 0.4) is 0 Å². The lowest BCUT2D eigenvalue weighted by Crippen LogP contribution is -2.42. The summed E-state index contributed by atoms with van der Waals surface area (Å²) < 4.78 is 0. The van der Waals surface area contributed by atoms with Crippen LogP contribution in [-0.4, -0.2) is 36.1 Å². The second-order valence-corrected chi connectivity index (χ2v) is 5.64. The Kier molecular flexibility index (Phi) is 5.07. The van der Waals surface area contributed by atoms with E-state index in [0.29, 0.717) is 18.1 Å². The highest BCUT2D eigenvalue weighted by Crippen LogP contribution is 2.18. The Morgan fingerprint density at radius 1 is 1.20 bits per heavy atom. The maximum atomic E-state index is 3.70. The van der Waals surface area contributed by atoms with Gasteiger partial charge in [-0.05, 0) is 39.2 Å². The highest BCUT2D eigenvalue weighted by Gasteiger charge is 2.24. The fourth-order valence-electron chi connectivity index (χ4n) is 2.53. The van der Waals surface area contributed by atoms with Gasteiger partial charge in [0.2, 0.25) is 0 Å². The van der Waals surface area contributed by atoms with Gasteiger partial charge in [-0.2, -0.15) is 0 Å². The zero-order chi connectivity index (χ0) is 11.4. The van der Waals surface area contributed by atoms with E-state index in [2.05, 4.69) is 44.8 Å². The molecule has 2 atom stereocenters. The molecule has 0 saturated carbocycles. The van der Waals surface area contributed by atoms with E-state index >= 15 is 0 Å². The molecule has 0 spiro atoms. The molecule has 0 amide bonds. The van der Waals surface area contributed by atoms with Crippen LogP contribution in [0.25, 0.3) is 0 Å². The predicted molar refractivity (Wildman–Crippen MR) is 67.2 cm³/mol. The molecule has 0 radical (unpaired) electrons. The molecule has 15 heavy (non-hydrogen) atoms. The van der Waals surface area contributed by atoms with Crippen LogP contribution in [0.5, 0.6) is 0 Å². The van der Waals surface area contributed by atoms with Crippen molar-refractivity contribution in [3.63, 3.8) is 0 Å². The first-order valence-electron chi connectivity index (χ1n) is 6.50. The van der Waals surface area contributed by atoms with Crippen LogP contribution in [0.4, 0.5) is 0 Å². The Balaban J connectivity index is 2.50. The van der Waals surface area contributed by atoms with E-state index in [1.54, 1.807) is 0 Å². The third-order valence-electron chi connectivity index (χ3n) is 3.45. The van der Waals surface area contributed by atoms with Gasteiger partial charge in [0.25, 0.3) is 0 Å². The molecule has 1 heterocycles. The smallest absolute Gasteiger partial charge is 0.0108 e. The van der Waals surface area contributed by atoms with Crippen molar-refractivity contribution in [2.75, 3.05) is 13.1 Å². The first kappa shape index (κ1) is 13.0. The molecule has 0 aromatic heterocycles. The summed E-state index contributed by atoms with van der Waals surface area (Å²) in [5.74, 6) is 0.775. The monoisotopic (exact) mass is 212 g/mol. The molecule has 0 aromatic carbocycles. The topological polar surface area (TPSA) is 15.3 Å². The average Bonchev–Trinajstić information content (AvgIpc) is 2.28. The Morgan fingerprint density at radius 3 is 2.40 bits per heavy atom. The fourth-order valence-corrected chi connectivity index (χ4v) is 2.53. The molecule has 2 heteroatoms. The zero-order valence-electron chi connectivity index (χ0n) is 11.1. The van der Waals surface area contributed by atoms with Gasteiger partial charge in [-0.1, -0.05) is 20.8 Å². The minimum absolute atomic E-state index is 0.614. The van der Waals surface area contributed by atoms with Crippen LogP contribution < -0.4 is 5.32 Å². The number of nitrogens with zero attached hydrogens (tertiary/aromatic N) is 1. The third-order valence-corrected chi connectivity index (χ3v) is 3.45. The van der Waals surface area contributed by atoms with Crippen molar-refractivity contribution >= 4 is 0 Å². The molecule has 1 N–H and O–H groups in total. The normalized spacial score (nSPS) is 29.8. The van der Waals surface area contributed by atoms with Gasteiger partial charge in [0.1, 0.15) is 0 Å². The molecular weight excluding hydrogens is 184 g/mol. The van der Waals surface area contributed by atoms with E-state index in [-0.39, 0.29) is 0 Å². The third kappa shape index (κ3) is 4.12. The van der Waals surface area contributed by atoms with E-state index < -0.39 is 0 Å². The molecule has 0 aliphatic carbocycles. The highest BCUT2D eigenvalue weighted by atomic mass is 15.2. The molecule has 1 aliphatic rings. The molecule has 2 nitrogen and oxygen atoms in total. The summed E-state index contributed by atoms with van der Waals surface area (Å²) in [5, 5.41) is 3.70. The molecule has 1 aliphatic heterocycles. The van der Waals surface area contributed by atoms with Gasteiger partial charge >= 0.3 is 0 Å². The summed E-state index contributed by atoms with van der Waals surface area (Å²) in [6.45, 7) is 14.0. The molecule has 1 fully saturated rings. The minimum atomic E-state index is 0.614. The first-order valence-corrected chi connectivity index (χ1v) is 6.50. The van der Waals surface area contributed by atoms with E-state index in [4.69, 9.17) is 0 Å². The van der Waals surface area contributed by atoms with Gasteiger partial charge < -0.3 is 10.2 Å². The van der Waals surface area contributed by atoms with Crippen molar-refractivity contribution in [1.29, 1.82) is 0 Å². The number of hydrogen-bond donors (Lipinski definition) is 1. The summed E-state index contributed by atoms with van der Waals surface area (Å²) in [6.07, 6.45) is 2.68. The van der Waals surface area contributed by atoms with Crippen molar-refractivity contribution in [3.05, 3.63) is 0 Å². The second-order valence-electron chi connectivity index (χ2n) is 5.64. The number of nitrogens with one attached hydrogen (secondary N) is 1. The molecule has 1 unspecified atom stereocenters. The van der Waals surface area contributed by atoms with E-state index in [0.717, 1.165) is 5.92 Å². The number of rotatable bonds is 3. The van der Waals surface area contributed by atoms with Gasteiger partial charge in [-0.15, -0.1) is 0 Å². The summed E-state index contributed by atoms with van der Waals surface area (Å²) >= 11 is 0. The number of likely N-dealkylation sites (tertiary alicyclic amines) is 1. The maximum Gasteiger partial charge on any atom is 0.0108 e. The van der Waals surface area contributed by atoms with Crippen LogP contribution in [0.2, 0.25) is 0 Å². The van der Waals surface area contributed by atoms with Crippen LogP contribution in [0.15, 0.2) is 0 Å². The molecule has 0 bridgehead atoms. The lowest BCUT2D eigenvalue weighted by molar-refractivity contribution is 0.198. The minimum Gasteiger partial charge on any atom is -0.311 e. The lowest BCUT2D eigenvalue weighted by Gasteiger charge is -2.29. The Morgan fingerprint density at radius 2 is 1.87 bits per heavy atom. The van der Waals surface area contributed by atoms with E-state index in [1.165, 1.54) is 25.9 Å². The van der Waals surface area contributed by atoms with Crippen molar-refractivity contribution < 1.29 is 0 Å². The van der Waals surface area contributed by atoms with Gasteiger partial charge in [0.15, 0.2) is 0 Å². The lowest BCUT2D eigenvalue weighted by atomic mass is 9.98. The van der Waals surface area contributed by atoms with Gasteiger partial charge in [-0.3, -0.25) is 0 Å². The maximum absolute atomic E-state index is 3.70. The van der Waals surface area contributed by atoms with Gasteiger partial charge in [0, 0.05) is 24.7 Å². The van der Waals surface area contributed by atoms with Crippen molar-refractivity contribution in [3.8, 4) is 0 Å². The van der Waals surface area contributed by atoms with Crippen molar-refractivity contribution in [2.24, 2.45) is 5.92 Å². The average molecular weight is 212 g/mol. The first-order chi connectivity index (χ1) is 7.00. The zero-order valence-corrected chi connectivity index (χ0v) is 11.1. The molecule has 0 aromatic rings. The molecular formula is C13H28N2. The van der Waals surface area contributed by atoms with Gasteiger partial charge in [0.05, 0.1) is 0 Å². The fraction of sp³-hybridized carbons (Fsp3) is 1.00. The van der Waals surface area contributed by atoms with Crippen LogP contribution in [0.1, 0.15) is 47.5 Å². The standard InChI is InChI=1S/C13H28N2/c1-10(2)14-13-7-6-8-15(11(3)4)9-12(13)5/h10-14H,6-9H2,1-5H3/t12-,13?/m0/s1. The Hall–Kier alpha value is -0.0800. The quantitative estimate of drug-likeness (QED) is 0.773. The number of hydrogen-bond acceptors (Lipinski definition) is 2. The van der Waals surface area contributed by atoms with E-state index in [9.17, 15) is 0 Å². The van der Waals surface area contributed by atoms with Gasteiger partial charge in [-0.25, -0.2) is 0 Å². The van der Waals surface area contributed by atoms with Crippen LogP contribution in [-0.2, 0) is 0 Å². The van der Waals surface area contributed by atoms with Crippen molar-refractivity contribution in [1.82, 2.24) is 10.2 Å². The predicted octanol–water partition coefficient (Wildman–Crippen LogP) is 2.49. The summed E-state index contributed by atoms with van der Waals surface area (Å²) in [5.41, 5.74) is 0. The molecule has 1 rings (SSSR count). The summed E-state index contributed by atoms with van der Waals surface area (Å²) in [7, 11) is 0. The highest BCUT2D eigenvalue weighted by molar-refractivity contribution is 4.82. The Labute approximate surface area is 95.4 Å². The Bertz CT molecular complexity index is 177. The molecule has 1 saturated heterocycles. The largest absolute Gasteiger partial charge is 0.311 e. The van der Waals surface area contributed by atoms with E-state index in [1.807, 2.05) is 0 Å². The SMILES string of the molecule is CC(C)NC1CCCN(C(C)C)C[C@@H]1C.